The molecule has 1 aromatic carbocycles. The lowest BCUT2D eigenvalue weighted by molar-refractivity contribution is 0.180. The largest absolute Gasteiger partial charge is 0.506 e. The lowest BCUT2D eigenvalue weighted by atomic mass is 9.99. The van der Waals surface area contributed by atoms with Crippen molar-refractivity contribution < 1.29 is 5.11 Å². The number of nitrogens with one attached hydrogen (secondary N) is 1. The molecule has 0 aliphatic carbocycles. The van der Waals surface area contributed by atoms with Crippen molar-refractivity contribution in [2.24, 2.45) is 0 Å². The zero-order valence-electron chi connectivity index (χ0n) is 11.4. The Hall–Kier alpha value is -0.100. The molecule has 0 aromatic heterocycles. The zero-order valence-corrected chi connectivity index (χ0v) is 14.6. The fourth-order valence-electron chi connectivity index (χ4n) is 3.45. The Morgan fingerprint density at radius 1 is 1.15 bits per heavy atom. The molecule has 3 rings (SSSR count). The molecule has 2 heterocycles. The number of piperidine rings is 1. The van der Waals surface area contributed by atoms with Gasteiger partial charge in [0.2, 0.25) is 0 Å². The van der Waals surface area contributed by atoms with Crippen LogP contribution in [-0.4, -0.2) is 35.2 Å². The Labute approximate surface area is 137 Å². The fourth-order valence-corrected chi connectivity index (χ4v) is 4.74. The molecule has 2 N–H and O–H groups in total. The van der Waals surface area contributed by atoms with Crippen molar-refractivity contribution >= 4 is 31.9 Å². The molecule has 0 amide bonds. The van der Waals surface area contributed by atoms with Crippen LogP contribution in [0.1, 0.15) is 31.2 Å². The molecule has 2 atom stereocenters. The highest BCUT2D eigenvalue weighted by atomic mass is 79.9. The normalized spacial score (nSPS) is 26.7. The molecule has 2 aliphatic heterocycles. The number of hydrogen-bond donors (Lipinski definition) is 2. The summed E-state index contributed by atoms with van der Waals surface area (Å²) < 4.78 is 1.49. The number of benzene rings is 1. The fraction of sp³-hybridized carbons (Fsp3) is 0.600. The minimum Gasteiger partial charge on any atom is -0.506 e. The van der Waals surface area contributed by atoms with Gasteiger partial charge in [-0.1, -0.05) is 6.42 Å². The Bertz CT molecular complexity index is 472. The van der Waals surface area contributed by atoms with Crippen LogP contribution < -0.4 is 5.32 Å². The van der Waals surface area contributed by atoms with E-state index < -0.39 is 0 Å². The van der Waals surface area contributed by atoms with Crippen molar-refractivity contribution in [3.05, 3.63) is 26.6 Å². The molecule has 2 unspecified atom stereocenters. The van der Waals surface area contributed by atoms with Crippen LogP contribution in [0, 0.1) is 0 Å². The molecule has 2 fully saturated rings. The second kappa shape index (κ2) is 6.34. The Kier molecular flexibility index (Phi) is 4.70. The third kappa shape index (κ3) is 3.06. The predicted molar refractivity (Wildman–Crippen MR) is 88.0 cm³/mol. The number of rotatable bonds is 3. The minimum atomic E-state index is 0.271. The van der Waals surface area contributed by atoms with Gasteiger partial charge < -0.3 is 10.4 Å². The van der Waals surface area contributed by atoms with Crippen LogP contribution in [0.5, 0.6) is 5.75 Å². The summed E-state index contributed by atoms with van der Waals surface area (Å²) in [5.41, 5.74) is 1.19. The third-order valence-corrected chi connectivity index (χ3v) is 5.71. The lowest BCUT2D eigenvalue weighted by Gasteiger charge is -2.32. The standard InChI is InChI=1S/C15H20Br2N2O/c16-11-7-10(8-12(17)15(11)20)9-18-13-4-6-19-5-2-1-3-14(13)19/h7-8,13-14,18,20H,1-6,9H2. The van der Waals surface area contributed by atoms with Gasteiger partial charge in [0.1, 0.15) is 5.75 Å². The molecule has 2 aliphatic rings. The van der Waals surface area contributed by atoms with Gasteiger partial charge in [-0.2, -0.15) is 0 Å². The maximum Gasteiger partial charge on any atom is 0.143 e. The number of aromatic hydroxyl groups is 1. The summed E-state index contributed by atoms with van der Waals surface area (Å²) in [4.78, 5) is 2.64. The van der Waals surface area contributed by atoms with Gasteiger partial charge in [0, 0.05) is 25.2 Å². The van der Waals surface area contributed by atoms with Crippen molar-refractivity contribution in [3.8, 4) is 5.75 Å². The molecule has 3 nitrogen and oxygen atoms in total. The van der Waals surface area contributed by atoms with E-state index in [-0.39, 0.29) is 5.75 Å². The van der Waals surface area contributed by atoms with Gasteiger partial charge >= 0.3 is 0 Å². The summed E-state index contributed by atoms with van der Waals surface area (Å²) in [6.45, 7) is 3.37. The maximum atomic E-state index is 9.74. The topological polar surface area (TPSA) is 35.5 Å². The highest BCUT2D eigenvalue weighted by Crippen LogP contribution is 2.33. The smallest absolute Gasteiger partial charge is 0.143 e. The number of phenols is 1. The van der Waals surface area contributed by atoms with Crippen LogP contribution in [0.15, 0.2) is 21.1 Å². The number of halogens is 2. The number of hydrogen-bond acceptors (Lipinski definition) is 3. The van der Waals surface area contributed by atoms with Crippen molar-refractivity contribution in [2.45, 2.75) is 44.3 Å². The monoisotopic (exact) mass is 402 g/mol. The van der Waals surface area contributed by atoms with Crippen molar-refractivity contribution in [3.63, 3.8) is 0 Å². The van der Waals surface area contributed by atoms with E-state index in [1.165, 1.54) is 44.3 Å². The summed E-state index contributed by atoms with van der Waals surface area (Å²) in [6, 6.07) is 5.32. The maximum absolute atomic E-state index is 9.74. The first-order valence-electron chi connectivity index (χ1n) is 7.29. The third-order valence-electron chi connectivity index (χ3n) is 4.50. The molecule has 0 bridgehead atoms. The van der Waals surface area contributed by atoms with E-state index >= 15 is 0 Å². The van der Waals surface area contributed by atoms with E-state index in [2.05, 4.69) is 42.1 Å². The van der Waals surface area contributed by atoms with Crippen LogP contribution in [-0.2, 0) is 6.54 Å². The van der Waals surface area contributed by atoms with Gasteiger partial charge in [-0.3, -0.25) is 4.90 Å². The molecular formula is C15H20Br2N2O. The summed E-state index contributed by atoms with van der Waals surface area (Å²) >= 11 is 6.78. The predicted octanol–water partition coefficient (Wildman–Crippen LogP) is 3.63. The van der Waals surface area contributed by atoms with Gasteiger partial charge in [0.25, 0.3) is 0 Å². The molecule has 0 saturated carbocycles. The van der Waals surface area contributed by atoms with Crippen LogP contribution in [0.25, 0.3) is 0 Å². The van der Waals surface area contributed by atoms with Gasteiger partial charge in [-0.25, -0.2) is 0 Å². The quantitative estimate of drug-likeness (QED) is 0.808. The van der Waals surface area contributed by atoms with Crippen molar-refractivity contribution in [2.75, 3.05) is 13.1 Å². The van der Waals surface area contributed by atoms with E-state index in [9.17, 15) is 5.11 Å². The molecule has 2 saturated heterocycles. The van der Waals surface area contributed by atoms with Gasteiger partial charge in [-0.05, 0) is 75.4 Å². The molecule has 1 aromatic rings. The molecule has 0 spiro atoms. The molecular weight excluding hydrogens is 384 g/mol. The molecule has 5 heteroatoms. The SMILES string of the molecule is Oc1c(Br)cc(CNC2CCN3CCCCC23)cc1Br. The second-order valence-corrected chi connectivity index (χ2v) is 7.49. The van der Waals surface area contributed by atoms with E-state index in [1.807, 2.05) is 12.1 Å². The van der Waals surface area contributed by atoms with E-state index in [1.54, 1.807) is 0 Å². The number of phenolic OH excluding ortho intramolecular Hbond substituents is 1. The first kappa shape index (κ1) is 14.8. The van der Waals surface area contributed by atoms with Gasteiger partial charge in [-0.15, -0.1) is 0 Å². The first-order chi connectivity index (χ1) is 9.65. The highest BCUT2D eigenvalue weighted by molar-refractivity contribution is 9.11. The van der Waals surface area contributed by atoms with Crippen LogP contribution in [0.2, 0.25) is 0 Å². The van der Waals surface area contributed by atoms with Crippen LogP contribution >= 0.6 is 31.9 Å². The van der Waals surface area contributed by atoms with Crippen molar-refractivity contribution in [1.29, 1.82) is 0 Å². The molecule has 110 valence electrons. The summed E-state index contributed by atoms with van der Waals surface area (Å²) in [5, 5.41) is 13.5. The lowest BCUT2D eigenvalue weighted by Crippen LogP contribution is -2.44. The first-order valence-corrected chi connectivity index (χ1v) is 8.88. The number of nitrogens with zero attached hydrogens (tertiary/aromatic N) is 1. The Morgan fingerprint density at radius 2 is 1.90 bits per heavy atom. The number of fused-ring (bicyclic) bond motifs is 1. The Morgan fingerprint density at radius 3 is 2.65 bits per heavy atom. The molecule has 0 radical (unpaired) electrons. The second-order valence-electron chi connectivity index (χ2n) is 5.78. The van der Waals surface area contributed by atoms with Gasteiger partial charge in [0.15, 0.2) is 0 Å². The zero-order chi connectivity index (χ0) is 14.1. The highest BCUT2D eigenvalue weighted by Gasteiger charge is 2.34. The van der Waals surface area contributed by atoms with Crippen LogP contribution in [0.3, 0.4) is 0 Å². The van der Waals surface area contributed by atoms with E-state index in [4.69, 9.17) is 0 Å². The summed E-state index contributed by atoms with van der Waals surface area (Å²) in [7, 11) is 0. The minimum absolute atomic E-state index is 0.271. The van der Waals surface area contributed by atoms with E-state index in [0.29, 0.717) is 6.04 Å². The Balaban J connectivity index is 1.62. The van der Waals surface area contributed by atoms with E-state index in [0.717, 1.165) is 21.5 Å². The summed E-state index contributed by atoms with van der Waals surface area (Å²) in [6.07, 6.45) is 5.32. The average molecular weight is 404 g/mol. The van der Waals surface area contributed by atoms with Crippen LogP contribution in [0.4, 0.5) is 0 Å². The molecule has 20 heavy (non-hydrogen) atoms. The van der Waals surface area contributed by atoms with Crippen molar-refractivity contribution in [1.82, 2.24) is 10.2 Å². The average Bonchev–Trinajstić information content (AvgIpc) is 2.85. The van der Waals surface area contributed by atoms with Gasteiger partial charge in [0.05, 0.1) is 8.95 Å². The summed E-state index contributed by atoms with van der Waals surface area (Å²) in [5.74, 6) is 0.271.